The van der Waals surface area contributed by atoms with Gasteiger partial charge in [0.25, 0.3) is 0 Å². The van der Waals surface area contributed by atoms with Gasteiger partial charge in [0, 0.05) is 12.7 Å². The maximum atomic E-state index is 5.94. The Bertz CT molecular complexity index is 495. The zero-order valence-electron chi connectivity index (χ0n) is 11.1. The fourth-order valence-corrected chi connectivity index (χ4v) is 1.84. The first kappa shape index (κ1) is 12.5. The summed E-state index contributed by atoms with van der Waals surface area (Å²) in [5.41, 5.74) is 2.36. The summed E-state index contributed by atoms with van der Waals surface area (Å²) < 4.78 is 5.94. The zero-order valence-corrected chi connectivity index (χ0v) is 11.1. The van der Waals surface area contributed by atoms with Gasteiger partial charge in [-0.3, -0.25) is 0 Å². The molecule has 0 saturated heterocycles. The quantitative estimate of drug-likeness (QED) is 0.754. The highest BCUT2D eigenvalue weighted by Crippen LogP contribution is 2.19. The summed E-state index contributed by atoms with van der Waals surface area (Å²) in [6.45, 7) is 4.12. The number of ether oxygens (including phenoxy) is 1. The molecule has 94 valence electrons. The lowest BCUT2D eigenvalue weighted by molar-refractivity contribution is 0.221. The summed E-state index contributed by atoms with van der Waals surface area (Å²) in [6, 6.07) is 18.4. The summed E-state index contributed by atoms with van der Waals surface area (Å²) in [5, 5.41) is 0. The minimum atomic E-state index is -0.00537. The monoisotopic (exact) mass is 241 g/mol. The first-order valence-corrected chi connectivity index (χ1v) is 6.18. The normalized spacial score (nSPS) is 11.9. The number of benzene rings is 2. The number of nitrogens with zero attached hydrogens (tertiary/aromatic N) is 1. The van der Waals surface area contributed by atoms with Crippen LogP contribution in [-0.4, -0.2) is 13.3 Å². The van der Waals surface area contributed by atoms with Crippen molar-refractivity contribution in [3.63, 3.8) is 0 Å². The topological polar surface area (TPSA) is 12.5 Å². The third kappa shape index (κ3) is 3.04. The van der Waals surface area contributed by atoms with E-state index in [0.717, 1.165) is 11.4 Å². The summed E-state index contributed by atoms with van der Waals surface area (Å²) in [6.07, 6.45) is -0.00537. The summed E-state index contributed by atoms with van der Waals surface area (Å²) >= 11 is 0. The van der Waals surface area contributed by atoms with E-state index in [2.05, 4.69) is 43.0 Å². The molecule has 0 radical (unpaired) electrons. The van der Waals surface area contributed by atoms with Gasteiger partial charge in [-0.1, -0.05) is 30.3 Å². The lowest BCUT2D eigenvalue weighted by Crippen LogP contribution is -2.33. The molecule has 0 saturated carbocycles. The van der Waals surface area contributed by atoms with E-state index in [-0.39, 0.29) is 6.23 Å². The number of hydrogen-bond acceptors (Lipinski definition) is 2. The Kier molecular flexibility index (Phi) is 3.88. The Morgan fingerprint density at radius 3 is 2.39 bits per heavy atom. The van der Waals surface area contributed by atoms with Crippen LogP contribution < -0.4 is 9.64 Å². The molecule has 0 aliphatic heterocycles. The third-order valence-electron chi connectivity index (χ3n) is 3.01. The second-order valence-electron chi connectivity index (χ2n) is 4.48. The fourth-order valence-electron chi connectivity index (χ4n) is 1.84. The SMILES string of the molecule is Cc1cccc(OC(C)N(C)c2ccccc2)c1. The smallest absolute Gasteiger partial charge is 0.169 e. The van der Waals surface area contributed by atoms with Crippen molar-refractivity contribution in [1.29, 1.82) is 0 Å². The Hall–Kier alpha value is -1.96. The van der Waals surface area contributed by atoms with E-state index in [1.165, 1.54) is 5.56 Å². The second-order valence-corrected chi connectivity index (χ2v) is 4.48. The van der Waals surface area contributed by atoms with Crippen LogP contribution in [0.3, 0.4) is 0 Å². The predicted molar refractivity (Wildman–Crippen MR) is 76.1 cm³/mol. The molecule has 2 aromatic rings. The molecular formula is C16H19NO. The maximum Gasteiger partial charge on any atom is 0.169 e. The van der Waals surface area contributed by atoms with E-state index in [1.807, 2.05) is 37.4 Å². The van der Waals surface area contributed by atoms with Gasteiger partial charge >= 0.3 is 0 Å². The molecule has 2 aromatic carbocycles. The highest BCUT2D eigenvalue weighted by Gasteiger charge is 2.10. The second kappa shape index (κ2) is 5.58. The van der Waals surface area contributed by atoms with Crippen LogP contribution in [0.5, 0.6) is 5.75 Å². The minimum absolute atomic E-state index is 0.00537. The van der Waals surface area contributed by atoms with Crippen LogP contribution in [0, 0.1) is 6.92 Å². The Balaban J connectivity index is 2.06. The molecule has 0 amide bonds. The number of rotatable bonds is 4. The molecule has 0 N–H and O–H groups in total. The van der Waals surface area contributed by atoms with Crippen LogP contribution in [0.25, 0.3) is 0 Å². The lowest BCUT2D eigenvalue weighted by Gasteiger charge is -2.27. The van der Waals surface area contributed by atoms with E-state index < -0.39 is 0 Å². The van der Waals surface area contributed by atoms with Crippen LogP contribution in [0.2, 0.25) is 0 Å². The minimum Gasteiger partial charge on any atom is -0.471 e. The molecule has 0 spiro atoms. The van der Waals surface area contributed by atoms with Gasteiger partial charge in [-0.05, 0) is 43.7 Å². The van der Waals surface area contributed by atoms with E-state index in [4.69, 9.17) is 4.74 Å². The van der Waals surface area contributed by atoms with Gasteiger partial charge in [0.1, 0.15) is 5.75 Å². The van der Waals surface area contributed by atoms with Crippen molar-refractivity contribution in [3.8, 4) is 5.75 Å². The summed E-state index contributed by atoms with van der Waals surface area (Å²) in [5.74, 6) is 0.908. The van der Waals surface area contributed by atoms with Crippen LogP contribution in [0.1, 0.15) is 12.5 Å². The van der Waals surface area contributed by atoms with Crippen molar-refractivity contribution in [2.24, 2.45) is 0 Å². The summed E-state index contributed by atoms with van der Waals surface area (Å²) in [7, 11) is 2.04. The van der Waals surface area contributed by atoms with Gasteiger partial charge < -0.3 is 9.64 Å². The average Bonchev–Trinajstić information content (AvgIpc) is 2.39. The highest BCUT2D eigenvalue weighted by molar-refractivity contribution is 5.45. The van der Waals surface area contributed by atoms with Crippen molar-refractivity contribution >= 4 is 5.69 Å². The molecule has 2 rings (SSSR count). The maximum absolute atomic E-state index is 5.94. The van der Waals surface area contributed by atoms with Gasteiger partial charge in [0.2, 0.25) is 0 Å². The molecule has 0 heterocycles. The molecule has 0 bridgehead atoms. The van der Waals surface area contributed by atoms with Crippen LogP contribution in [-0.2, 0) is 0 Å². The van der Waals surface area contributed by atoms with Gasteiger partial charge in [-0.15, -0.1) is 0 Å². The van der Waals surface area contributed by atoms with Crippen molar-refractivity contribution < 1.29 is 4.74 Å². The predicted octanol–water partition coefficient (Wildman–Crippen LogP) is 3.86. The largest absolute Gasteiger partial charge is 0.471 e. The van der Waals surface area contributed by atoms with Crippen molar-refractivity contribution in [2.75, 3.05) is 11.9 Å². The Labute approximate surface area is 109 Å². The molecule has 2 heteroatoms. The Morgan fingerprint density at radius 2 is 1.72 bits per heavy atom. The lowest BCUT2D eigenvalue weighted by atomic mass is 10.2. The average molecular weight is 241 g/mol. The highest BCUT2D eigenvalue weighted by atomic mass is 16.5. The third-order valence-corrected chi connectivity index (χ3v) is 3.01. The molecule has 0 aromatic heterocycles. The van der Waals surface area contributed by atoms with Crippen LogP contribution in [0.4, 0.5) is 5.69 Å². The molecule has 1 atom stereocenters. The first-order chi connectivity index (χ1) is 8.66. The molecule has 2 nitrogen and oxygen atoms in total. The zero-order chi connectivity index (χ0) is 13.0. The van der Waals surface area contributed by atoms with Crippen LogP contribution >= 0.6 is 0 Å². The fraction of sp³-hybridized carbons (Fsp3) is 0.250. The number of hydrogen-bond donors (Lipinski definition) is 0. The molecule has 0 fully saturated rings. The van der Waals surface area contributed by atoms with E-state index in [1.54, 1.807) is 0 Å². The van der Waals surface area contributed by atoms with E-state index >= 15 is 0 Å². The van der Waals surface area contributed by atoms with Gasteiger partial charge in [0.15, 0.2) is 6.23 Å². The molecule has 0 aliphatic carbocycles. The van der Waals surface area contributed by atoms with Crippen molar-refractivity contribution in [1.82, 2.24) is 0 Å². The molecule has 1 unspecified atom stereocenters. The van der Waals surface area contributed by atoms with Crippen molar-refractivity contribution in [3.05, 3.63) is 60.2 Å². The van der Waals surface area contributed by atoms with Gasteiger partial charge in [-0.2, -0.15) is 0 Å². The van der Waals surface area contributed by atoms with Gasteiger partial charge in [0.05, 0.1) is 0 Å². The van der Waals surface area contributed by atoms with Gasteiger partial charge in [-0.25, -0.2) is 0 Å². The summed E-state index contributed by atoms with van der Waals surface area (Å²) in [4.78, 5) is 2.11. The number of para-hydroxylation sites is 1. The molecular weight excluding hydrogens is 222 g/mol. The van der Waals surface area contributed by atoms with E-state index in [9.17, 15) is 0 Å². The molecule has 18 heavy (non-hydrogen) atoms. The number of anilines is 1. The number of aryl methyl sites for hydroxylation is 1. The van der Waals surface area contributed by atoms with Crippen LogP contribution in [0.15, 0.2) is 54.6 Å². The van der Waals surface area contributed by atoms with Crippen molar-refractivity contribution in [2.45, 2.75) is 20.1 Å². The Morgan fingerprint density at radius 1 is 1.00 bits per heavy atom. The first-order valence-electron chi connectivity index (χ1n) is 6.18. The molecule has 0 aliphatic rings. The standard InChI is InChI=1S/C16H19NO/c1-13-8-7-11-16(12-13)18-14(2)17(3)15-9-5-4-6-10-15/h4-12,14H,1-3H3. The van der Waals surface area contributed by atoms with E-state index in [0.29, 0.717) is 0 Å².